The van der Waals surface area contributed by atoms with Crippen molar-refractivity contribution >= 4 is 57.4 Å². The van der Waals surface area contributed by atoms with Crippen LogP contribution in [0, 0.1) is 11.8 Å². The topological polar surface area (TPSA) is 102 Å². The van der Waals surface area contributed by atoms with Crippen LogP contribution in [0.25, 0.3) is 11.1 Å². The lowest BCUT2D eigenvalue weighted by molar-refractivity contribution is -0.147. The summed E-state index contributed by atoms with van der Waals surface area (Å²) in [5, 5.41) is 15.0. The van der Waals surface area contributed by atoms with E-state index in [1.165, 1.54) is 7.11 Å². The summed E-state index contributed by atoms with van der Waals surface area (Å²) in [6, 6.07) is 4.94. The average Bonchev–Trinajstić information content (AvgIpc) is 3.43. The smallest absolute Gasteiger partial charge is 0.341 e. The highest BCUT2D eigenvalue weighted by Crippen LogP contribution is 2.45. The van der Waals surface area contributed by atoms with Gasteiger partial charge in [0, 0.05) is 10.9 Å². The predicted molar refractivity (Wildman–Crippen MR) is 112 cm³/mol. The van der Waals surface area contributed by atoms with E-state index in [1.807, 2.05) is 0 Å². The molecule has 2 aliphatic heterocycles. The Kier molecular flexibility index (Phi) is 5.76. The molecule has 0 spiro atoms. The molecule has 10 heteroatoms. The van der Waals surface area contributed by atoms with Crippen LogP contribution < -0.4 is 5.32 Å². The number of hydrogen-bond donors (Lipinski definition) is 2. The molecule has 2 saturated heterocycles. The molecule has 2 N–H and O–H groups in total. The van der Waals surface area contributed by atoms with Gasteiger partial charge in [-0.2, -0.15) is 0 Å². The summed E-state index contributed by atoms with van der Waals surface area (Å²) in [6.45, 7) is 0. The monoisotopic (exact) mass is 469 g/mol. The fourth-order valence-electron chi connectivity index (χ4n) is 4.15. The number of nitrogens with one attached hydrogen (secondary N) is 1. The van der Waals surface area contributed by atoms with Gasteiger partial charge in [-0.1, -0.05) is 29.3 Å². The zero-order valence-electron chi connectivity index (χ0n) is 15.7. The summed E-state index contributed by atoms with van der Waals surface area (Å²) >= 11 is 13.2. The normalized spacial score (nSPS) is 24.6. The summed E-state index contributed by atoms with van der Waals surface area (Å²) in [5.74, 6) is -3.89. The van der Waals surface area contributed by atoms with Crippen LogP contribution >= 0.6 is 34.5 Å². The molecule has 158 valence electrons. The van der Waals surface area contributed by atoms with Crippen LogP contribution in [0.5, 0.6) is 0 Å². The number of anilines is 1. The average molecular weight is 470 g/mol. The Morgan fingerprint density at radius 3 is 2.50 bits per heavy atom. The molecule has 4 unspecified atom stereocenters. The largest absolute Gasteiger partial charge is 0.481 e. The SMILES string of the molecule is COC(=O)c1c(-c2ccc(Cl)c(Cl)c2)csc1NC(=O)C1C2CCC(O2)C1C(=O)O. The predicted octanol–water partition coefficient (Wildman–Crippen LogP) is 4.33. The van der Waals surface area contributed by atoms with Gasteiger partial charge in [0.25, 0.3) is 0 Å². The van der Waals surface area contributed by atoms with Gasteiger partial charge in [-0.05, 0) is 30.5 Å². The third-order valence-electron chi connectivity index (χ3n) is 5.51. The van der Waals surface area contributed by atoms with Crippen LogP contribution in [-0.4, -0.2) is 42.3 Å². The molecule has 1 aromatic heterocycles. The Morgan fingerprint density at radius 2 is 1.87 bits per heavy atom. The maximum Gasteiger partial charge on any atom is 0.341 e. The molecule has 0 saturated carbocycles. The molecule has 1 amide bonds. The molecule has 2 aliphatic rings. The van der Waals surface area contributed by atoms with Crippen LogP contribution in [0.1, 0.15) is 23.2 Å². The summed E-state index contributed by atoms with van der Waals surface area (Å²) in [5.41, 5.74) is 1.33. The fraction of sp³-hybridized carbons (Fsp3) is 0.350. The number of carbonyl (C=O) groups is 3. The molecule has 3 heterocycles. The van der Waals surface area contributed by atoms with Crippen molar-refractivity contribution in [3.63, 3.8) is 0 Å². The molecule has 7 nitrogen and oxygen atoms in total. The number of carbonyl (C=O) groups excluding carboxylic acids is 2. The first-order valence-corrected chi connectivity index (χ1v) is 10.8. The zero-order valence-corrected chi connectivity index (χ0v) is 18.0. The van der Waals surface area contributed by atoms with Crippen molar-refractivity contribution in [3.05, 3.63) is 39.2 Å². The van der Waals surface area contributed by atoms with Crippen molar-refractivity contribution in [1.29, 1.82) is 0 Å². The zero-order chi connectivity index (χ0) is 21.6. The molecule has 2 aromatic rings. The first kappa shape index (κ1) is 21.1. The lowest BCUT2D eigenvalue weighted by Gasteiger charge is -2.23. The van der Waals surface area contributed by atoms with Crippen LogP contribution in [0.2, 0.25) is 10.0 Å². The summed E-state index contributed by atoms with van der Waals surface area (Å²) in [7, 11) is 1.24. The summed E-state index contributed by atoms with van der Waals surface area (Å²) in [6.07, 6.45) is 0.361. The molecule has 0 aliphatic carbocycles. The Hall–Kier alpha value is -2.13. The summed E-state index contributed by atoms with van der Waals surface area (Å²) in [4.78, 5) is 37.2. The van der Waals surface area contributed by atoms with Crippen molar-refractivity contribution in [2.24, 2.45) is 11.8 Å². The third kappa shape index (κ3) is 3.58. The maximum atomic E-state index is 13.0. The van der Waals surface area contributed by atoms with Gasteiger partial charge in [-0.25, -0.2) is 4.79 Å². The Morgan fingerprint density at radius 1 is 1.17 bits per heavy atom. The third-order valence-corrected chi connectivity index (χ3v) is 7.14. The lowest BCUT2D eigenvalue weighted by atomic mass is 9.79. The second kappa shape index (κ2) is 8.19. The number of carboxylic acid groups (broad SMARTS) is 1. The lowest BCUT2D eigenvalue weighted by Crippen LogP contribution is -2.41. The van der Waals surface area contributed by atoms with Gasteiger partial charge in [0.2, 0.25) is 5.91 Å². The van der Waals surface area contributed by atoms with Gasteiger partial charge in [0.15, 0.2) is 0 Å². The van der Waals surface area contributed by atoms with Crippen molar-refractivity contribution in [3.8, 4) is 11.1 Å². The van der Waals surface area contributed by atoms with Crippen LogP contribution in [0.4, 0.5) is 5.00 Å². The number of ether oxygens (including phenoxy) is 2. The van der Waals surface area contributed by atoms with E-state index in [9.17, 15) is 19.5 Å². The Labute approximate surface area is 185 Å². The van der Waals surface area contributed by atoms with E-state index in [1.54, 1.807) is 23.6 Å². The second-order valence-corrected chi connectivity index (χ2v) is 8.84. The highest BCUT2D eigenvalue weighted by molar-refractivity contribution is 7.15. The second-order valence-electron chi connectivity index (χ2n) is 7.14. The molecular formula is C20H17Cl2NO6S. The van der Waals surface area contributed by atoms with Crippen molar-refractivity contribution < 1.29 is 29.0 Å². The highest BCUT2D eigenvalue weighted by Gasteiger charge is 2.55. The van der Waals surface area contributed by atoms with E-state index in [0.29, 0.717) is 34.0 Å². The molecule has 2 bridgehead atoms. The van der Waals surface area contributed by atoms with Crippen LogP contribution in [-0.2, 0) is 19.1 Å². The summed E-state index contributed by atoms with van der Waals surface area (Å²) < 4.78 is 10.6. The van der Waals surface area contributed by atoms with Gasteiger partial charge >= 0.3 is 11.9 Å². The van der Waals surface area contributed by atoms with E-state index in [2.05, 4.69) is 5.32 Å². The van der Waals surface area contributed by atoms with E-state index in [4.69, 9.17) is 32.7 Å². The molecular weight excluding hydrogens is 453 g/mol. The van der Waals surface area contributed by atoms with E-state index in [0.717, 1.165) is 11.3 Å². The van der Waals surface area contributed by atoms with E-state index in [-0.39, 0.29) is 10.6 Å². The number of esters is 1. The molecule has 0 radical (unpaired) electrons. The van der Waals surface area contributed by atoms with Crippen molar-refractivity contribution in [2.45, 2.75) is 25.0 Å². The fourth-order valence-corrected chi connectivity index (χ4v) is 5.41. The molecule has 4 atom stereocenters. The molecule has 2 fully saturated rings. The van der Waals surface area contributed by atoms with Crippen LogP contribution in [0.3, 0.4) is 0 Å². The minimum atomic E-state index is -1.06. The molecule has 4 rings (SSSR count). The van der Waals surface area contributed by atoms with Gasteiger partial charge in [-0.15, -0.1) is 11.3 Å². The number of amides is 1. The number of benzene rings is 1. The van der Waals surface area contributed by atoms with E-state index < -0.39 is 41.9 Å². The Balaban J connectivity index is 1.67. The maximum absolute atomic E-state index is 13.0. The Bertz CT molecular complexity index is 1040. The minimum absolute atomic E-state index is 0.171. The molecule has 1 aromatic carbocycles. The number of fused-ring (bicyclic) bond motifs is 2. The highest BCUT2D eigenvalue weighted by atomic mass is 35.5. The number of methoxy groups -OCH3 is 1. The van der Waals surface area contributed by atoms with Crippen LogP contribution in [0.15, 0.2) is 23.6 Å². The van der Waals surface area contributed by atoms with Gasteiger partial charge < -0.3 is 19.9 Å². The number of thiophene rings is 1. The van der Waals surface area contributed by atoms with Crippen molar-refractivity contribution in [1.82, 2.24) is 0 Å². The number of hydrogen-bond acceptors (Lipinski definition) is 6. The van der Waals surface area contributed by atoms with Gasteiger partial charge in [0.1, 0.15) is 10.6 Å². The minimum Gasteiger partial charge on any atom is -0.481 e. The first-order valence-electron chi connectivity index (χ1n) is 9.16. The van der Waals surface area contributed by atoms with E-state index >= 15 is 0 Å². The van der Waals surface area contributed by atoms with Gasteiger partial charge in [-0.3, -0.25) is 9.59 Å². The number of rotatable bonds is 5. The number of halogens is 2. The first-order chi connectivity index (χ1) is 14.3. The van der Waals surface area contributed by atoms with Gasteiger partial charge in [0.05, 0.1) is 41.2 Å². The standard InChI is InChI=1S/C20H17Cl2NO6S/c1-28-20(27)14-9(8-2-3-10(21)11(22)6-8)7-30-18(14)23-17(24)15-12-4-5-13(29-12)16(15)19(25)26/h2-3,6-7,12-13,15-16H,4-5H2,1H3,(H,23,24)(H,25,26). The number of aliphatic carboxylic acids is 1. The quantitative estimate of drug-likeness (QED) is 0.631. The van der Waals surface area contributed by atoms with Crippen molar-refractivity contribution in [2.75, 3.05) is 12.4 Å². The molecule has 30 heavy (non-hydrogen) atoms. The number of carboxylic acids is 1.